The molecule has 1 aliphatic heterocycles. The lowest BCUT2D eigenvalue weighted by molar-refractivity contribution is -0.140. The molecule has 0 bridgehead atoms. The topological polar surface area (TPSA) is 69.0 Å². The first-order valence-corrected chi connectivity index (χ1v) is 10.6. The molecule has 1 aliphatic rings. The highest BCUT2D eigenvalue weighted by Crippen LogP contribution is 2.43. The van der Waals surface area contributed by atoms with Gasteiger partial charge in [0.2, 0.25) is 5.88 Å². The molecule has 0 atom stereocenters. The number of nitrogens with zero attached hydrogens (tertiary/aromatic N) is 6. The number of aryl methyl sites for hydroxylation is 1. The van der Waals surface area contributed by atoms with E-state index in [0.717, 1.165) is 22.0 Å². The maximum absolute atomic E-state index is 13.8. The Balaban J connectivity index is 1.60. The number of hydrogen-bond acceptors (Lipinski definition) is 7. The van der Waals surface area contributed by atoms with E-state index in [4.69, 9.17) is 4.74 Å². The van der Waals surface area contributed by atoms with Gasteiger partial charge in [-0.15, -0.1) is 11.3 Å². The Morgan fingerprint density at radius 1 is 1.12 bits per heavy atom. The number of pyridine rings is 2. The van der Waals surface area contributed by atoms with Crippen molar-refractivity contribution in [2.24, 2.45) is 0 Å². The Labute approximate surface area is 185 Å². The van der Waals surface area contributed by atoms with E-state index in [2.05, 4.69) is 20.1 Å². The zero-order valence-electron chi connectivity index (χ0n) is 17.1. The number of methoxy groups -OCH3 is 1. The quantitative estimate of drug-likeness (QED) is 0.437. The molecular weight excluding hydrogens is 441 g/mol. The molecule has 0 N–H and O–H groups in total. The molecule has 0 spiro atoms. The number of thiazole rings is 1. The molecule has 0 aliphatic carbocycles. The first kappa shape index (κ1) is 20.4. The second-order valence-corrected chi connectivity index (χ2v) is 8.08. The molecule has 5 heterocycles. The average Bonchev–Trinajstić information content (AvgIpc) is 3.52. The van der Waals surface area contributed by atoms with Crippen LogP contribution in [0, 0.1) is 6.92 Å². The third-order valence-electron chi connectivity index (χ3n) is 5.15. The van der Waals surface area contributed by atoms with E-state index in [1.165, 1.54) is 30.6 Å². The summed E-state index contributed by atoms with van der Waals surface area (Å²) in [5.41, 5.74) is 1.97. The monoisotopic (exact) mass is 458 g/mol. The van der Waals surface area contributed by atoms with E-state index in [1.54, 1.807) is 15.8 Å². The predicted molar refractivity (Wildman–Crippen MR) is 114 cm³/mol. The summed E-state index contributed by atoms with van der Waals surface area (Å²) in [5.74, 6) is 0.383. The predicted octanol–water partition coefficient (Wildman–Crippen LogP) is 4.82. The Kier molecular flexibility index (Phi) is 4.85. The van der Waals surface area contributed by atoms with E-state index in [-0.39, 0.29) is 11.6 Å². The summed E-state index contributed by atoms with van der Waals surface area (Å²) in [6.45, 7) is 2.15. The van der Waals surface area contributed by atoms with Crippen LogP contribution < -0.4 is 9.64 Å². The van der Waals surface area contributed by atoms with Gasteiger partial charge >= 0.3 is 6.18 Å². The maximum atomic E-state index is 13.8. The van der Waals surface area contributed by atoms with Crippen LogP contribution in [0.25, 0.3) is 16.4 Å². The highest BCUT2D eigenvalue weighted by atomic mass is 32.1. The van der Waals surface area contributed by atoms with Crippen LogP contribution >= 0.6 is 11.3 Å². The maximum Gasteiger partial charge on any atom is 0.435 e. The fourth-order valence-electron chi connectivity index (χ4n) is 3.79. The highest BCUT2D eigenvalue weighted by Gasteiger charge is 2.39. The number of alkyl halides is 3. The molecule has 4 aromatic heterocycles. The number of halogens is 3. The summed E-state index contributed by atoms with van der Waals surface area (Å²) in [7, 11) is 1.29. The third-order valence-corrected chi connectivity index (χ3v) is 5.95. The molecule has 4 aromatic rings. The van der Waals surface area contributed by atoms with Gasteiger partial charge in [0, 0.05) is 41.6 Å². The van der Waals surface area contributed by atoms with Gasteiger partial charge in [0.15, 0.2) is 5.69 Å². The number of aromatic nitrogens is 5. The normalized spacial score (nSPS) is 13.5. The lowest BCUT2D eigenvalue weighted by atomic mass is 10.1. The molecule has 0 amide bonds. The van der Waals surface area contributed by atoms with E-state index in [1.807, 2.05) is 30.6 Å². The summed E-state index contributed by atoms with van der Waals surface area (Å²) < 4.78 is 47.9. The molecule has 7 nitrogen and oxygen atoms in total. The fourth-order valence-corrected chi connectivity index (χ4v) is 4.40. The van der Waals surface area contributed by atoms with Crippen LogP contribution in [-0.4, -0.2) is 38.4 Å². The number of hydrogen-bond donors (Lipinski definition) is 0. The number of fused-ring (bicyclic) bond motifs is 1. The summed E-state index contributed by atoms with van der Waals surface area (Å²) in [6.07, 6.45) is -0.575. The second-order valence-electron chi connectivity index (χ2n) is 7.19. The van der Waals surface area contributed by atoms with Crippen LogP contribution in [0.3, 0.4) is 0 Å². The summed E-state index contributed by atoms with van der Waals surface area (Å²) in [6, 6.07) is 6.55. The Morgan fingerprint density at radius 2 is 1.97 bits per heavy atom. The Morgan fingerprint density at radius 3 is 2.69 bits per heavy atom. The number of rotatable bonds is 4. The molecule has 0 unspecified atom stereocenters. The van der Waals surface area contributed by atoms with Crippen LogP contribution in [0.15, 0.2) is 42.0 Å². The SMILES string of the molecule is COc1ccc(N2CCc3c(-n4ccc(-c5nccs5)n4)cc(C)nc32)c(C(F)(F)F)n1. The van der Waals surface area contributed by atoms with E-state index >= 15 is 0 Å². The smallest absolute Gasteiger partial charge is 0.435 e. The van der Waals surface area contributed by atoms with Gasteiger partial charge in [-0.25, -0.2) is 19.6 Å². The van der Waals surface area contributed by atoms with Gasteiger partial charge in [-0.2, -0.15) is 18.3 Å². The first-order chi connectivity index (χ1) is 15.3. The largest absolute Gasteiger partial charge is 0.481 e. The van der Waals surface area contributed by atoms with Crippen LogP contribution in [0.4, 0.5) is 24.7 Å². The standard InChI is InChI=1S/C21H17F3N6OS/c1-12-11-16(30-9-6-14(28-30)20-25-7-10-32-20)13-5-8-29(19(13)26-12)15-3-4-17(31-2)27-18(15)21(22,23)24/h3-4,6-7,9-11H,5,8H2,1-2H3. The molecule has 11 heteroatoms. The number of anilines is 2. The minimum absolute atomic E-state index is 0.0509. The van der Waals surface area contributed by atoms with Gasteiger partial charge in [-0.05, 0) is 31.5 Å². The van der Waals surface area contributed by atoms with Crippen molar-refractivity contribution in [2.45, 2.75) is 19.5 Å². The minimum Gasteiger partial charge on any atom is -0.481 e. The second kappa shape index (κ2) is 7.59. The fraction of sp³-hybridized carbons (Fsp3) is 0.238. The van der Waals surface area contributed by atoms with Gasteiger partial charge in [0.1, 0.15) is 16.5 Å². The molecule has 164 valence electrons. The molecule has 0 saturated carbocycles. The van der Waals surface area contributed by atoms with Crippen molar-refractivity contribution in [3.8, 4) is 22.3 Å². The summed E-state index contributed by atoms with van der Waals surface area (Å²) in [4.78, 5) is 14.1. The lowest BCUT2D eigenvalue weighted by Crippen LogP contribution is -2.21. The molecule has 0 saturated heterocycles. The Hall–Kier alpha value is -3.47. The summed E-state index contributed by atoms with van der Waals surface area (Å²) >= 11 is 1.49. The lowest BCUT2D eigenvalue weighted by Gasteiger charge is -2.23. The van der Waals surface area contributed by atoms with E-state index < -0.39 is 11.9 Å². The average molecular weight is 458 g/mol. The molecule has 0 radical (unpaired) electrons. The molecule has 32 heavy (non-hydrogen) atoms. The van der Waals surface area contributed by atoms with Gasteiger partial charge in [0.25, 0.3) is 0 Å². The van der Waals surface area contributed by atoms with Crippen molar-refractivity contribution in [3.05, 3.63) is 59.0 Å². The van der Waals surface area contributed by atoms with Crippen LogP contribution in [-0.2, 0) is 12.6 Å². The molecule has 5 rings (SSSR count). The third kappa shape index (κ3) is 3.48. The van der Waals surface area contributed by atoms with Crippen molar-refractivity contribution >= 4 is 22.8 Å². The zero-order chi connectivity index (χ0) is 22.5. The van der Waals surface area contributed by atoms with Gasteiger partial charge < -0.3 is 9.64 Å². The van der Waals surface area contributed by atoms with Crippen molar-refractivity contribution < 1.29 is 17.9 Å². The zero-order valence-corrected chi connectivity index (χ0v) is 17.9. The first-order valence-electron chi connectivity index (χ1n) is 9.71. The van der Waals surface area contributed by atoms with Gasteiger partial charge in [0.05, 0.1) is 18.5 Å². The summed E-state index contributed by atoms with van der Waals surface area (Å²) in [5, 5.41) is 7.30. The number of ether oxygens (including phenoxy) is 1. The van der Waals surface area contributed by atoms with E-state index in [0.29, 0.717) is 24.5 Å². The van der Waals surface area contributed by atoms with Crippen molar-refractivity contribution in [2.75, 3.05) is 18.6 Å². The van der Waals surface area contributed by atoms with Crippen molar-refractivity contribution in [1.82, 2.24) is 24.7 Å². The molecular formula is C21H17F3N6OS. The Bertz CT molecular complexity index is 1290. The molecule has 0 aromatic carbocycles. The van der Waals surface area contributed by atoms with E-state index in [9.17, 15) is 13.2 Å². The van der Waals surface area contributed by atoms with Gasteiger partial charge in [-0.1, -0.05) is 0 Å². The van der Waals surface area contributed by atoms with Crippen LogP contribution in [0.5, 0.6) is 5.88 Å². The van der Waals surface area contributed by atoms with Crippen LogP contribution in [0.1, 0.15) is 17.0 Å². The van der Waals surface area contributed by atoms with Gasteiger partial charge in [-0.3, -0.25) is 0 Å². The molecule has 0 fully saturated rings. The van der Waals surface area contributed by atoms with Crippen molar-refractivity contribution in [3.63, 3.8) is 0 Å². The highest BCUT2D eigenvalue weighted by molar-refractivity contribution is 7.13. The van der Waals surface area contributed by atoms with Crippen LogP contribution in [0.2, 0.25) is 0 Å². The van der Waals surface area contributed by atoms with Crippen molar-refractivity contribution in [1.29, 1.82) is 0 Å². The minimum atomic E-state index is -4.64.